The van der Waals surface area contributed by atoms with Crippen molar-refractivity contribution in [1.82, 2.24) is 10.2 Å². The summed E-state index contributed by atoms with van der Waals surface area (Å²) in [5.74, 6) is -0.00916. The zero-order valence-corrected chi connectivity index (χ0v) is 13.9. The number of nitrogens with zero attached hydrogens (tertiary/aromatic N) is 1. The Morgan fingerprint density at radius 1 is 1.33 bits per heavy atom. The average Bonchev–Trinajstić information content (AvgIpc) is 3.09. The van der Waals surface area contributed by atoms with Crippen molar-refractivity contribution in [2.75, 3.05) is 33.4 Å². The standard InChI is InChI=1S/C18H24N2O4/c1-23-18(22)16-12-24-8-7-20(16)17(21)15-10-14(11-19-15)9-13-5-3-2-4-6-13/h2-6,14-16,19H,7-12H2,1H3/t14-,15+,16-/m0/s1. The highest BCUT2D eigenvalue weighted by molar-refractivity contribution is 5.88. The van der Waals surface area contributed by atoms with Crippen molar-refractivity contribution < 1.29 is 19.1 Å². The number of esters is 1. The molecule has 1 N–H and O–H groups in total. The van der Waals surface area contributed by atoms with Crippen LogP contribution in [0.5, 0.6) is 0 Å². The largest absolute Gasteiger partial charge is 0.467 e. The van der Waals surface area contributed by atoms with Gasteiger partial charge < -0.3 is 19.7 Å². The number of benzene rings is 1. The molecule has 1 aromatic rings. The molecule has 0 aromatic heterocycles. The number of hydrogen-bond donors (Lipinski definition) is 1. The summed E-state index contributed by atoms with van der Waals surface area (Å²) < 4.78 is 10.1. The Bertz CT molecular complexity index is 578. The molecule has 3 atom stereocenters. The topological polar surface area (TPSA) is 67.9 Å². The lowest BCUT2D eigenvalue weighted by Gasteiger charge is -2.35. The van der Waals surface area contributed by atoms with Gasteiger partial charge in [0.25, 0.3) is 0 Å². The maximum absolute atomic E-state index is 12.8. The van der Waals surface area contributed by atoms with Crippen molar-refractivity contribution in [1.29, 1.82) is 0 Å². The third-order valence-electron chi connectivity index (χ3n) is 4.77. The summed E-state index contributed by atoms with van der Waals surface area (Å²) in [6, 6.07) is 9.45. The van der Waals surface area contributed by atoms with Crippen LogP contribution in [0.1, 0.15) is 12.0 Å². The predicted octanol–water partition coefficient (Wildman–Crippen LogP) is 0.608. The van der Waals surface area contributed by atoms with E-state index in [1.165, 1.54) is 12.7 Å². The highest BCUT2D eigenvalue weighted by atomic mass is 16.5. The molecule has 130 valence electrons. The molecule has 6 heteroatoms. The smallest absolute Gasteiger partial charge is 0.331 e. The van der Waals surface area contributed by atoms with Crippen LogP contribution < -0.4 is 5.32 Å². The summed E-state index contributed by atoms with van der Waals surface area (Å²) in [5.41, 5.74) is 1.29. The number of carbonyl (C=O) groups excluding carboxylic acids is 2. The van der Waals surface area contributed by atoms with Crippen LogP contribution in [0.25, 0.3) is 0 Å². The van der Waals surface area contributed by atoms with Crippen LogP contribution in [0.2, 0.25) is 0 Å². The Kier molecular flexibility index (Phi) is 5.48. The number of rotatable bonds is 4. The van der Waals surface area contributed by atoms with E-state index < -0.39 is 12.0 Å². The van der Waals surface area contributed by atoms with Gasteiger partial charge in [-0.25, -0.2) is 4.79 Å². The molecule has 0 radical (unpaired) electrons. The number of carbonyl (C=O) groups is 2. The molecule has 0 unspecified atom stereocenters. The molecule has 1 aromatic carbocycles. The highest BCUT2D eigenvalue weighted by Gasteiger charge is 2.39. The Hall–Kier alpha value is -1.92. The lowest BCUT2D eigenvalue weighted by molar-refractivity contribution is -0.161. The first-order chi connectivity index (χ1) is 11.7. The van der Waals surface area contributed by atoms with E-state index in [1.807, 2.05) is 18.2 Å². The minimum Gasteiger partial charge on any atom is -0.467 e. The molecular formula is C18H24N2O4. The van der Waals surface area contributed by atoms with Gasteiger partial charge in [-0.15, -0.1) is 0 Å². The third kappa shape index (κ3) is 3.76. The van der Waals surface area contributed by atoms with E-state index >= 15 is 0 Å². The Morgan fingerprint density at radius 2 is 2.12 bits per heavy atom. The van der Waals surface area contributed by atoms with Gasteiger partial charge in [0.1, 0.15) is 0 Å². The molecule has 6 nitrogen and oxygen atoms in total. The fourth-order valence-electron chi connectivity index (χ4n) is 3.50. The SMILES string of the molecule is COC(=O)[C@@H]1COCCN1C(=O)[C@H]1C[C@H](Cc2ccccc2)CN1. The van der Waals surface area contributed by atoms with Crippen molar-refractivity contribution in [2.24, 2.45) is 5.92 Å². The second kappa shape index (κ2) is 7.77. The highest BCUT2D eigenvalue weighted by Crippen LogP contribution is 2.22. The zero-order chi connectivity index (χ0) is 16.9. The van der Waals surface area contributed by atoms with Crippen LogP contribution in [0.4, 0.5) is 0 Å². The molecule has 2 heterocycles. The van der Waals surface area contributed by atoms with Crippen molar-refractivity contribution in [3.8, 4) is 0 Å². The quantitative estimate of drug-likeness (QED) is 0.818. The second-order valence-electron chi connectivity index (χ2n) is 6.40. The van der Waals surface area contributed by atoms with Gasteiger partial charge in [0, 0.05) is 6.54 Å². The van der Waals surface area contributed by atoms with Crippen LogP contribution in [0.3, 0.4) is 0 Å². The van der Waals surface area contributed by atoms with Crippen LogP contribution >= 0.6 is 0 Å². The first-order valence-corrected chi connectivity index (χ1v) is 8.42. The number of nitrogens with one attached hydrogen (secondary N) is 1. The van der Waals surface area contributed by atoms with Gasteiger partial charge in [0.15, 0.2) is 6.04 Å². The summed E-state index contributed by atoms with van der Waals surface area (Å²) in [5, 5.41) is 3.32. The number of morpholine rings is 1. The molecule has 24 heavy (non-hydrogen) atoms. The molecule has 2 saturated heterocycles. The zero-order valence-electron chi connectivity index (χ0n) is 13.9. The number of ether oxygens (including phenoxy) is 2. The molecule has 2 aliphatic heterocycles. The Balaban J connectivity index is 1.60. The van der Waals surface area contributed by atoms with E-state index in [-0.39, 0.29) is 18.6 Å². The van der Waals surface area contributed by atoms with Crippen molar-refractivity contribution in [3.63, 3.8) is 0 Å². The van der Waals surface area contributed by atoms with Gasteiger partial charge in [0.05, 0.1) is 26.4 Å². The third-order valence-corrected chi connectivity index (χ3v) is 4.77. The Labute approximate surface area is 142 Å². The van der Waals surface area contributed by atoms with Crippen LogP contribution in [0, 0.1) is 5.92 Å². The Morgan fingerprint density at radius 3 is 2.88 bits per heavy atom. The molecule has 2 aliphatic rings. The fourth-order valence-corrected chi connectivity index (χ4v) is 3.50. The summed E-state index contributed by atoms with van der Waals surface area (Å²) in [4.78, 5) is 26.3. The monoisotopic (exact) mass is 332 g/mol. The maximum atomic E-state index is 12.8. The summed E-state index contributed by atoms with van der Waals surface area (Å²) in [6.07, 6.45) is 1.75. The van der Waals surface area contributed by atoms with Gasteiger partial charge in [0.2, 0.25) is 5.91 Å². The fraction of sp³-hybridized carbons (Fsp3) is 0.556. The molecule has 2 fully saturated rings. The summed E-state index contributed by atoms with van der Waals surface area (Å²) in [7, 11) is 1.34. The second-order valence-corrected chi connectivity index (χ2v) is 6.40. The van der Waals surface area contributed by atoms with Crippen molar-refractivity contribution in [3.05, 3.63) is 35.9 Å². The lowest BCUT2D eigenvalue weighted by atomic mass is 9.96. The minimum atomic E-state index is -0.633. The van der Waals surface area contributed by atoms with Gasteiger partial charge >= 0.3 is 5.97 Å². The number of methoxy groups -OCH3 is 1. The van der Waals surface area contributed by atoms with Gasteiger partial charge in [-0.3, -0.25) is 4.79 Å². The van der Waals surface area contributed by atoms with Gasteiger partial charge in [-0.2, -0.15) is 0 Å². The van der Waals surface area contributed by atoms with Crippen molar-refractivity contribution in [2.45, 2.75) is 24.9 Å². The molecule has 1 amide bonds. The molecule has 0 aliphatic carbocycles. The first kappa shape index (κ1) is 16.9. The van der Waals surface area contributed by atoms with E-state index in [2.05, 4.69) is 17.4 Å². The summed E-state index contributed by atoms with van der Waals surface area (Å²) >= 11 is 0. The summed E-state index contributed by atoms with van der Waals surface area (Å²) in [6.45, 7) is 1.91. The van der Waals surface area contributed by atoms with E-state index in [9.17, 15) is 9.59 Å². The van der Waals surface area contributed by atoms with Gasteiger partial charge in [-0.05, 0) is 30.9 Å². The lowest BCUT2D eigenvalue weighted by Crippen LogP contribution is -2.57. The normalized spacial score (nSPS) is 27.0. The molecular weight excluding hydrogens is 308 g/mol. The predicted molar refractivity (Wildman–Crippen MR) is 88.4 cm³/mol. The molecule has 0 spiro atoms. The first-order valence-electron chi connectivity index (χ1n) is 8.42. The number of amides is 1. The van der Waals surface area contributed by atoms with Crippen LogP contribution in [0.15, 0.2) is 30.3 Å². The van der Waals surface area contributed by atoms with Crippen LogP contribution in [-0.4, -0.2) is 62.3 Å². The number of hydrogen-bond acceptors (Lipinski definition) is 5. The molecule has 3 rings (SSSR count). The molecule has 0 saturated carbocycles. The maximum Gasteiger partial charge on any atom is 0.331 e. The van der Waals surface area contributed by atoms with Gasteiger partial charge in [-0.1, -0.05) is 30.3 Å². The molecule has 0 bridgehead atoms. The van der Waals surface area contributed by atoms with Crippen LogP contribution in [-0.2, 0) is 25.5 Å². The van der Waals surface area contributed by atoms with E-state index in [1.54, 1.807) is 4.90 Å². The van der Waals surface area contributed by atoms with Crippen molar-refractivity contribution >= 4 is 11.9 Å². The van der Waals surface area contributed by atoms with E-state index in [0.29, 0.717) is 19.1 Å². The van der Waals surface area contributed by atoms with E-state index in [0.717, 1.165) is 19.4 Å². The average molecular weight is 332 g/mol. The minimum absolute atomic E-state index is 0.0238. The van der Waals surface area contributed by atoms with E-state index in [4.69, 9.17) is 9.47 Å².